The number of carbonyl (C=O) groups is 3. The zero-order valence-corrected chi connectivity index (χ0v) is 15.2. The lowest BCUT2D eigenvalue weighted by molar-refractivity contribution is -0.136. The van der Waals surface area contributed by atoms with Crippen LogP contribution in [-0.4, -0.2) is 54.0 Å². The molecule has 144 valence electrons. The van der Waals surface area contributed by atoms with E-state index < -0.39 is 17.6 Å². The molecule has 3 aliphatic rings. The first kappa shape index (κ1) is 17.9. The number of fused-ring (bicyclic) bond motifs is 1. The average molecular weight is 373 g/mol. The Hall–Kier alpha value is -2.45. The van der Waals surface area contributed by atoms with Crippen molar-refractivity contribution in [1.29, 1.82) is 0 Å². The van der Waals surface area contributed by atoms with Crippen LogP contribution in [0.25, 0.3) is 0 Å². The van der Waals surface area contributed by atoms with Gasteiger partial charge in [0.25, 0.3) is 5.91 Å². The van der Waals surface area contributed by atoms with Crippen molar-refractivity contribution in [1.82, 2.24) is 15.5 Å². The first-order valence-corrected chi connectivity index (χ1v) is 9.23. The van der Waals surface area contributed by atoms with Crippen LogP contribution >= 0.6 is 0 Å². The second kappa shape index (κ2) is 6.61. The van der Waals surface area contributed by atoms with Gasteiger partial charge in [0.15, 0.2) is 0 Å². The number of rotatable bonds is 3. The number of hydrogen-bond acceptors (Lipinski definition) is 6. The summed E-state index contributed by atoms with van der Waals surface area (Å²) in [6.45, 7) is 1.64. The minimum Gasteiger partial charge on any atom is -0.496 e. The summed E-state index contributed by atoms with van der Waals surface area (Å²) in [6, 6.07) is 2.80. The molecule has 0 aliphatic carbocycles. The van der Waals surface area contributed by atoms with Gasteiger partial charge >= 0.3 is 0 Å². The van der Waals surface area contributed by atoms with Gasteiger partial charge in [-0.3, -0.25) is 19.7 Å². The SMILES string of the molecule is COc1c(C2(O)CCNCC2)ccc2c1CN(C1CCC(=O)NC1=O)C2=O. The molecule has 3 amide bonds. The summed E-state index contributed by atoms with van der Waals surface area (Å²) >= 11 is 0. The number of nitrogens with one attached hydrogen (secondary N) is 2. The van der Waals surface area contributed by atoms with E-state index in [2.05, 4.69) is 10.6 Å². The van der Waals surface area contributed by atoms with Gasteiger partial charge in [-0.15, -0.1) is 0 Å². The van der Waals surface area contributed by atoms with E-state index in [-0.39, 0.29) is 24.8 Å². The summed E-state index contributed by atoms with van der Waals surface area (Å²) < 4.78 is 5.62. The average Bonchev–Trinajstić information content (AvgIpc) is 2.98. The molecule has 0 aromatic heterocycles. The molecular weight excluding hydrogens is 350 g/mol. The van der Waals surface area contributed by atoms with E-state index in [1.54, 1.807) is 12.1 Å². The summed E-state index contributed by atoms with van der Waals surface area (Å²) in [5, 5.41) is 16.6. The van der Waals surface area contributed by atoms with Crippen molar-refractivity contribution in [3.05, 3.63) is 28.8 Å². The van der Waals surface area contributed by atoms with E-state index in [0.29, 0.717) is 54.8 Å². The summed E-state index contributed by atoms with van der Waals surface area (Å²) in [7, 11) is 1.53. The van der Waals surface area contributed by atoms with E-state index >= 15 is 0 Å². The van der Waals surface area contributed by atoms with Crippen LogP contribution in [0.5, 0.6) is 5.75 Å². The molecule has 8 nitrogen and oxygen atoms in total. The number of aliphatic hydroxyl groups is 1. The molecule has 1 atom stereocenters. The molecule has 2 saturated heterocycles. The molecule has 2 fully saturated rings. The molecule has 3 heterocycles. The highest BCUT2D eigenvalue weighted by molar-refractivity contribution is 6.05. The zero-order chi connectivity index (χ0) is 19.2. The lowest BCUT2D eigenvalue weighted by Gasteiger charge is -2.34. The van der Waals surface area contributed by atoms with Crippen molar-refractivity contribution in [2.75, 3.05) is 20.2 Å². The molecule has 0 radical (unpaired) electrons. The van der Waals surface area contributed by atoms with Crippen molar-refractivity contribution in [2.24, 2.45) is 0 Å². The third kappa shape index (κ3) is 2.89. The van der Waals surface area contributed by atoms with Gasteiger partial charge in [-0.05, 0) is 38.4 Å². The van der Waals surface area contributed by atoms with Crippen LogP contribution in [-0.2, 0) is 21.7 Å². The van der Waals surface area contributed by atoms with Crippen LogP contribution in [0.1, 0.15) is 47.2 Å². The molecule has 3 N–H and O–H groups in total. The van der Waals surface area contributed by atoms with Gasteiger partial charge in [0.05, 0.1) is 19.3 Å². The molecule has 0 spiro atoms. The topological polar surface area (TPSA) is 108 Å². The highest BCUT2D eigenvalue weighted by atomic mass is 16.5. The maximum absolute atomic E-state index is 12.9. The number of nitrogens with zero attached hydrogens (tertiary/aromatic N) is 1. The van der Waals surface area contributed by atoms with Gasteiger partial charge in [0.2, 0.25) is 11.8 Å². The monoisotopic (exact) mass is 373 g/mol. The maximum atomic E-state index is 12.9. The standard InChI is InChI=1S/C19H23N3O5/c1-27-16-12-10-22(14-4-5-15(23)21-17(14)24)18(25)11(12)2-3-13(16)19(26)6-8-20-9-7-19/h2-3,14,20,26H,4-10H2,1H3,(H,21,23,24). The van der Waals surface area contributed by atoms with Crippen molar-refractivity contribution in [2.45, 2.75) is 43.9 Å². The second-order valence-electron chi connectivity index (χ2n) is 7.35. The van der Waals surface area contributed by atoms with E-state index in [1.165, 1.54) is 12.0 Å². The van der Waals surface area contributed by atoms with Crippen molar-refractivity contribution >= 4 is 17.7 Å². The highest BCUT2D eigenvalue weighted by Gasteiger charge is 2.42. The number of ether oxygens (including phenoxy) is 1. The number of hydrogen-bond donors (Lipinski definition) is 3. The fourth-order valence-electron chi connectivity index (χ4n) is 4.32. The van der Waals surface area contributed by atoms with Gasteiger partial charge in [-0.2, -0.15) is 0 Å². The fraction of sp³-hybridized carbons (Fsp3) is 0.526. The highest BCUT2D eigenvalue weighted by Crippen LogP contribution is 2.42. The number of imide groups is 1. The summed E-state index contributed by atoms with van der Waals surface area (Å²) in [6.07, 6.45) is 1.65. The Labute approximate surface area is 156 Å². The first-order valence-electron chi connectivity index (χ1n) is 9.23. The Morgan fingerprint density at radius 1 is 1.22 bits per heavy atom. The summed E-state index contributed by atoms with van der Waals surface area (Å²) in [5.41, 5.74) is 0.856. The van der Waals surface area contributed by atoms with Gasteiger partial charge in [-0.1, -0.05) is 6.07 Å². The first-order chi connectivity index (χ1) is 12.9. The normalized spacial score (nSPS) is 24.6. The van der Waals surface area contributed by atoms with Crippen molar-refractivity contribution < 1.29 is 24.2 Å². The number of amides is 3. The van der Waals surface area contributed by atoms with Crippen LogP contribution < -0.4 is 15.4 Å². The van der Waals surface area contributed by atoms with Crippen molar-refractivity contribution in [3.8, 4) is 5.75 Å². The maximum Gasteiger partial charge on any atom is 0.255 e. The molecule has 1 unspecified atom stereocenters. The molecule has 8 heteroatoms. The molecule has 4 rings (SSSR count). The smallest absolute Gasteiger partial charge is 0.255 e. The fourth-order valence-corrected chi connectivity index (χ4v) is 4.32. The van der Waals surface area contributed by atoms with Gasteiger partial charge in [0.1, 0.15) is 11.8 Å². The van der Waals surface area contributed by atoms with E-state index in [4.69, 9.17) is 4.74 Å². The van der Waals surface area contributed by atoms with Gasteiger partial charge in [0, 0.05) is 23.1 Å². The minimum atomic E-state index is -1.00. The number of piperidine rings is 2. The van der Waals surface area contributed by atoms with E-state index in [9.17, 15) is 19.5 Å². The molecule has 0 bridgehead atoms. The molecule has 27 heavy (non-hydrogen) atoms. The van der Waals surface area contributed by atoms with Crippen LogP contribution in [0.4, 0.5) is 0 Å². The van der Waals surface area contributed by atoms with Crippen LogP contribution in [0.15, 0.2) is 12.1 Å². The quantitative estimate of drug-likeness (QED) is 0.645. The van der Waals surface area contributed by atoms with Crippen LogP contribution in [0, 0.1) is 0 Å². The third-order valence-electron chi connectivity index (χ3n) is 5.80. The minimum absolute atomic E-state index is 0.214. The molecule has 0 saturated carbocycles. The third-order valence-corrected chi connectivity index (χ3v) is 5.80. The summed E-state index contributed by atoms with van der Waals surface area (Å²) in [5.74, 6) is -0.487. The lowest BCUT2D eigenvalue weighted by Crippen LogP contribution is -2.52. The second-order valence-corrected chi connectivity index (χ2v) is 7.35. The molecule has 3 aliphatic heterocycles. The van der Waals surface area contributed by atoms with E-state index in [1.807, 2.05) is 0 Å². The Balaban J connectivity index is 1.69. The Bertz CT molecular complexity index is 816. The predicted molar refractivity (Wildman–Crippen MR) is 95.0 cm³/mol. The largest absolute Gasteiger partial charge is 0.496 e. The van der Waals surface area contributed by atoms with Gasteiger partial charge < -0.3 is 20.1 Å². The van der Waals surface area contributed by atoms with Crippen LogP contribution in [0.3, 0.4) is 0 Å². The Kier molecular flexibility index (Phi) is 4.39. The molecular formula is C19H23N3O5. The molecule has 1 aromatic carbocycles. The Morgan fingerprint density at radius 2 is 1.96 bits per heavy atom. The van der Waals surface area contributed by atoms with Crippen LogP contribution in [0.2, 0.25) is 0 Å². The number of benzene rings is 1. The molecule has 1 aromatic rings. The van der Waals surface area contributed by atoms with Gasteiger partial charge in [-0.25, -0.2) is 0 Å². The number of carbonyl (C=O) groups excluding carboxylic acids is 3. The zero-order valence-electron chi connectivity index (χ0n) is 15.2. The van der Waals surface area contributed by atoms with E-state index in [0.717, 1.165) is 0 Å². The number of methoxy groups -OCH3 is 1. The summed E-state index contributed by atoms with van der Waals surface area (Å²) in [4.78, 5) is 38.0. The Morgan fingerprint density at radius 3 is 2.63 bits per heavy atom. The van der Waals surface area contributed by atoms with Crippen molar-refractivity contribution in [3.63, 3.8) is 0 Å². The predicted octanol–water partition coefficient (Wildman–Crippen LogP) is 0.0272. The lowest BCUT2D eigenvalue weighted by atomic mass is 9.83.